The summed E-state index contributed by atoms with van der Waals surface area (Å²) in [5, 5.41) is 10.5. The first kappa shape index (κ1) is 15.5. The van der Waals surface area contributed by atoms with E-state index < -0.39 is 6.10 Å². The molecular formula is C14H24N2OS. The summed E-state index contributed by atoms with van der Waals surface area (Å²) in [6, 6.07) is 9.84. The van der Waals surface area contributed by atoms with Crippen molar-refractivity contribution >= 4 is 11.8 Å². The van der Waals surface area contributed by atoms with E-state index in [9.17, 15) is 5.11 Å². The van der Waals surface area contributed by atoms with Gasteiger partial charge in [-0.3, -0.25) is 0 Å². The van der Waals surface area contributed by atoms with Crippen LogP contribution < -0.4 is 11.5 Å². The second kappa shape index (κ2) is 8.53. The zero-order valence-corrected chi connectivity index (χ0v) is 11.8. The van der Waals surface area contributed by atoms with E-state index >= 15 is 0 Å². The number of benzene rings is 1. The molecule has 1 aromatic rings. The van der Waals surface area contributed by atoms with Crippen molar-refractivity contribution < 1.29 is 5.11 Å². The Balaban J connectivity index is 2.30. The molecule has 102 valence electrons. The van der Waals surface area contributed by atoms with Gasteiger partial charge in [-0.25, -0.2) is 0 Å². The molecule has 0 radical (unpaired) electrons. The number of thioether (sulfide) groups is 1. The van der Waals surface area contributed by atoms with Crippen LogP contribution in [0, 0.1) is 0 Å². The summed E-state index contributed by atoms with van der Waals surface area (Å²) < 4.78 is 0. The second-order valence-corrected chi connectivity index (χ2v) is 6.11. The van der Waals surface area contributed by atoms with Crippen molar-refractivity contribution in [3.05, 3.63) is 35.9 Å². The summed E-state index contributed by atoms with van der Waals surface area (Å²) in [6.45, 7) is 2.83. The van der Waals surface area contributed by atoms with E-state index in [2.05, 4.69) is 6.92 Å². The number of rotatable bonds is 8. The van der Waals surface area contributed by atoms with Gasteiger partial charge >= 0.3 is 0 Å². The molecular weight excluding hydrogens is 244 g/mol. The highest BCUT2D eigenvalue weighted by molar-refractivity contribution is 7.99. The normalized spacial score (nSPS) is 16.2. The fourth-order valence-electron chi connectivity index (χ4n) is 1.73. The highest BCUT2D eigenvalue weighted by Crippen LogP contribution is 2.16. The SMILES string of the molecule is CC(CCN)SCC(O)C(N)Cc1ccccc1. The summed E-state index contributed by atoms with van der Waals surface area (Å²) in [7, 11) is 0. The Morgan fingerprint density at radius 1 is 1.28 bits per heavy atom. The lowest BCUT2D eigenvalue weighted by atomic mass is 10.0. The van der Waals surface area contributed by atoms with Crippen molar-refractivity contribution in [3.63, 3.8) is 0 Å². The molecule has 3 nitrogen and oxygen atoms in total. The van der Waals surface area contributed by atoms with Gasteiger partial charge in [0.15, 0.2) is 0 Å². The molecule has 0 saturated carbocycles. The van der Waals surface area contributed by atoms with Crippen LogP contribution in [0.5, 0.6) is 0 Å². The smallest absolute Gasteiger partial charge is 0.0784 e. The maximum absolute atomic E-state index is 10.0. The van der Waals surface area contributed by atoms with E-state index in [1.54, 1.807) is 11.8 Å². The molecule has 1 aromatic carbocycles. The minimum Gasteiger partial charge on any atom is -0.391 e. The van der Waals surface area contributed by atoms with Crippen LogP contribution in [0.1, 0.15) is 18.9 Å². The molecule has 1 rings (SSSR count). The molecule has 0 aliphatic heterocycles. The van der Waals surface area contributed by atoms with Gasteiger partial charge in [-0.1, -0.05) is 37.3 Å². The molecule has 3 unspecified atom stereocenters. The Bertz CT molecular complexity index is 321. The number of aliphatic hydroxyl groups excluding tert-OH is 1. The lowest BCUT2D eigenvalue weighted by molar-refractivity contribution is 0.167. The first-order chi connectivity index (χ1) is 8.63. The Morgan fingerprint density at radius 2 is 1.94 bits per heavy atom. The van der Waals surface area contributed by atoms with E-state index in [4.69, 9.17) is 11.5 Å². The molecule has 0 saturated heterocycles. The number of nitrogens with two attached hydrogens (primary N) is 2. The molecule has 0 aromatic heterocycles. The molecule has 5 N–H and O–H groups in total. The Morgan fingerprint density at radius 3 is 2.56 bits per heavy atom. The summed E-state index contributed by atoms with van der Waals surface area (Å²) in [5.74, 6) is 0.676. The summed E-state index contributed by atoms with van der Waals surface area (Å²) in [4.78, 5) is 0. The van der Waals surface area contributed by atoms with Crippen LogP contribution >= 0.6 is 11.8 Å². The zero-order valence-electron chi connectivity index (χ0n) is 11.0. The molecule has 0 aliphatic rings. The third-order valence-corrected chi connectivity index (χ3v) is 4.27. The number of hydrogen-bond acceptors (Lipinski definition) is 4. The molecule has 0 amide bonds. The standard InChI is InChI=1S/C14H24N2OS/c1-11(7-8-15)18-10-14(17)13(16)9-12-5-3-2-4-6-12/h2-6,11,13-14,17H,7-10,15-16H2,1H3. The van der Waals surface area contributed by atoms with Gasteiger partial charge in [0.1, 0.15) is 0 Å². The maximum Gasteiger partial charge on any atom is 0.0784 e. The van der Waals surface area contributed by atoms with Gasteiger partial charge in [0, 0.05) is 17.0 Å². The minimum absolute atomic E-state index is 0.204. The van der Waals surface area contributed by atoms with Gasteiger partial charge in [0.25, 0.3) is 0 Å². The Hall–Kier alpha value is -0.550. The quantitative estimate of drug-likeness (QED) is 0.666. The Kier molecular flexibility index (Phi) is 7.35. The highest BCUT2D eigenvalue weighted by atomic mass is 32.2. The van der Waals surface area contributed by atoms with Crippen molar-refractivity contribution in [2.24, 2.45) is 11.5 Å². The maximum atomic E-state index is 10.0. The van der Waals surface area contributed by atoms with Gasteiger partial charge in [-0.15, -0.1) is 0 Å². The molecule has 0 bridgehead atoms. The van der Waals surface area contributed by atoms with Crippen molar-refractivity contribution in [2.75, 3.05) is 12.3 Å². The number of hydrogen-bond donors (Lipinski definition) is 3. The average molecular weight is 268 g/mol. The first-order valence-electron chi connectivity index (χ1n) is 6.42. The molecule has 0 heterocycles. The van der Waals surface area contributed by atoms with Crippen LogP contribution in [0.3, 0.4) is 0 Å². The summed E-state index contributed by atoms with van der Waals surface area (Å²) in [6.07, 6.45) is 1.23. The van der Waals surface area contributed by atoms with Gasteiger partial charge in [0.05, 0.1) is 6.10 Å². The molecule has 0 spiro atoms. The lowest BCUT2D eigenvalue weighted by Crippen LogP contribution is -2.38. The fraction of sp³-hybridized carbons (Fsp3) is 0.571. The van der Waals surface area contributed by atoms with Crippen molar-refractivity contribution in [3.8, 4) is 0 Å². The number of aliphatic hydroxyl groups is 1. The van der Waals surface area contributed by atoms with Gasteiger partial charge in [-0.2, -0.15) is 11.8 Å². The van der Waals surface area contributed by atoms with E-state index in [1.165, 1.54) is 5.56 Å². The van der Waals surface area contributed by atoms with E-state index in [0.717, 1.165) is 6.42 Å². The molecule has 0 fully saturated rings. The molecule has 0 aliphatic carbocycles. The Labute approximate surface area is 114 Å². The third kappa shape index (κ3) is 5.87. The zero-order chi connectivity index (χ0) is 13.4. The summed E-state index contributed by atoms with van der Waals surface area (Å²) in [5.41, 5.74) is 12.7. The highest BCUT2D eigenvalue weighted by Gasteiger charge is 2.16. The third-order valence-electron chi connectivity index (χ3n) is 2.93. The van der Waals surface area contributed by atoms with Crippen LogP contribution in [-0.2, 0) is 6.42 Å². The van der Waals surface area contributed by atoms with E-state index in [0.29, 0.717) is 24.0 Å². The minimum atomic E-state index is -0.463. The van der Waals surface area contributed by atoms with Crippen LogP contribution in [0.15, 0.2) is 30.3 Å². The van der Waals surface area contributed by atoms with Crippen molar-refractivity contribution in [1.29, 1.82) is 0 Å². The van der Waals surface area contributed by atoms with Crippen molar-refractivity contribution in [2.45, 2.75) is 37.2 Å². The monoisotopic (exact) mass is 268 g/mol. The van der Waals surface area contributed by atoms with Crippen LogP contribution in [0.25, 0.3) is 0 Å². The predicted molar refractivity (Wildman–Crippen MR) is 79.7 cm³/mol. The lowest BCUT2D eigenvalue weighted by Gasteiger charge is -2.20. The van der Waals surface area contributed by atoms with Crippen LogP contribution in [0.2, 0.25) is 0 Å². The fourth-order valence-corrected chi connectivity index (χ4v) is 2.80. The second-order valence-electron chi connectivity index (χ2n) is 4.64. The molecule has 18 heavy (non-hydrogen) atoms. The largest absolute Gasteiger partial charge is 0.391 e. The summed E-state index contributed by atoms with van der Waals surface area (Å²) >= 11 is 1.74. The molecule has 3 atom stereocenters. The van der Waals surface area contributed by atoms with Crippen LogP contribution in [-0.4, -0.2) is 34.8 Å². The first-order valence-corrected chi connectivity index (χ1v) is 7.47. The average Bonchev–Trinajstić information content (AvgIpc) is 2.37. The van der Waals surface area contributed by atoms with Crippen LogP contribution in [0.4, 0.5) is 0 Å². The van der Waals surface area contributed by atoms with E-state index in [1.807, 2.05) is 30.3 Å². The molecule has 4 heteroatoms. The predicted octanol–water partition coefficient (Wildman–Crippen LogP) is 1.39. The van der Waals surface area contributed by atoms with Gasteiger partial charge in [0.2, 0.25) is 0 Å². The van der Waals surface area contributed by atoms with Crippen molar-refractivity contribution in [1.82, 2.24) is 0 Å². The van der Waals surface area contributed by atoms with Gasteiger partial charge in [-0.05, 0) is 24.9 Å². The van der Waals surface area contributed by atoms with E-state index in [-0.39, 0.29) is 6.04 Å². The van der Waals surface area contributed by atoms with Gasteiger partial charge < -0.3 is 16.6 Å². The topological polar surface area (TPSA) is 72.3 Å².